The van der Waals surface area contributed by atoms with Gasteiger partial charge in [-0.3, -0.25) is 10.1 Å². The highest BCUT2D eigenvalue weighted by atomic mass is 16.6. The molecule has 0 bridgehead atoms. The lowest BCUT2D eigenvalue weighted by Crippen LogP contribution is -2.27. The van der Waals surface area contributed by atoms with Crippen LogP contribution in [0.3, 0.4) is 0 Å². The maximum Gasteiger partial charge on any atom is 0.334 e. The summed E-state index contributed by atoms with van der Waals surface area (Å²) < 4.78 is 0. The fourth-order valence-corrected chi connectivity index (χ4v) is 0.892. The normalized spacial score (nSPS) is 10.3. The van der Waals surface area contributed by atoms with Gasteiger partial charge in [0, 0.05) is 19.2 Å². The van der Waals surface area contributed by atoms with Crippen LogP contribution in [0.15, 0.2) is 29.4 Å². The summed E-state index contributed by atoms with van der Waals surface area (Å²) >= 11 is 0. The van der Waals surface area contributed by atoms with Gasteiger partial charge in [-0.25, -0.2) is 9.80 Å². The Morgan fingerprint density at radius 3 is 2.50 bits per heavy atom. The molecule has 0 saturated carbocycles. The predicted molar refractivity (Wildman–Crippen MR) is 58.0 cm³/mol. The minimum atomic E-state index is -0.682. The number of carbonyl (C=O) groups is 1. The van der Waals surface area contributed by atoms with Gasteiger partial charge >= 0.3 is 6.03 Å². The number of benzene rings is 1. The third kappa shape index (κ3) is 3.05. The van der Waals surface area contributed by atoms with E-state index in [1.54, 1.807) is 0 Å². The molecule has 0 heterocycles. The first-order valence-corrected chi connectivity index (χ1v) is 4.32. The first kappa shape index (κ1) is 11.6. The number of nitrogens with zero attached hydrogens (tertiary/aromatic N) is 3. The zero-order valence-electron chi connectivity index (χ0n) is 8.53. The molecule has 0 aliphatic heterocycles. The molecule has 0 aromatic heterocycles. The number of amides is 2. The van der Waals surface area contributed by atoms with Crippen LogP contribution in [-0.4, -0.2) is 29.2 Å². The predicted octanol–water partition coefficient (Wildman–Crippen LogP) is 0.939. The smallest absolute Gasteiger partial charge is 0.334 e. The van der Waals surface area contributed by atoms with Crippen LogP contribution in [0.25, 0.3) is 0 Å². The van der Waals surface area contributed by atoms with E-state index in [2.05, 4.69) is 5.10 Å². The van der Waals surface area contributed by atoms with Crippen LogP contribution < -0.4 is 5.73 Å². The third-order valence-electron chi connectivity index (χ3n) is 1.80. The van der Waals surface area contributed by atoms with Crippen LogP contribution in [-0.2, 0) is 0 Å². The lowest BCUT2D eigenvalue weighted by atomic mass is 10.2. The number of nitro groups is 1. The zero-order chi connectivity index (χ0) is 12.1. The van der Waals surface area contributed by atoms with E-state index in [0.717, 1.165) is 5.01 Å². The van der Waals surface area contributed by atoms with Crippen LogP contribution in [0.1, 0.15) is 5.56 Å². The molecule has 2 amide bonds. The summed E-state index contributed by atoms with van der Waals surface area (Å²) in [5, 5.41) is 15.1. The van der Waals surface area contributed by atoms with Crippen molar-refractivity contribution < 1.29 is 9.72 Å². The van der Waals surface area contributed by atoms with Gasteiger partial charge < -0.3 is 5.73 Å². The van der Waals surface area contributed by atoms with E-state index in [1.165, 1.54) is 37.5 Å². The number of nitrogens with two attached hydrogens (primary N) is 1. The first-order chi connectivity index (χ1) is 7.50. The minimum absolute atomic E-state index is 0.000376. The second-order valence-electron chi connectivity index (χ2n) is 2.96. The third-order valence-corrected chi connectivity index (χ3v) is 1.80. The second kappa shape index (κ2) is 4.87. The Labute approximate surface area is 91.3 Å². The number of rotatable bonds is 3. The summed E-state index contributed by atoms with van der Waals surface area (Å²) in [6, 6.07) is 5.07. The SMILES string of the molecule is CN(/N=C/c1ccc([N+](=O)[O-])cc1)C(N)=O. The van der Waals surface area contributed by atoms with E-state index >= 15 is 0 Å². The summed E-state index contributed by atoms with van der Waals surface area (Å²) in [7, 11) is 1.41. The standard InChI is InChI=1S/C9H10N4O3/c1-12(9(10)14)11-6-7-2-4-8(5-3-7)13(15)16/h2-6H,1H3,(H2,10,14)/b11-6+. The highest BCUT2D eigenvalue weighted by Crippen LogP contribution is 2.10. The van der Waals surface area contributed by atoms with E-state index in [0.29, 0.717) is 5.56 Å². The fourth-order valence-electron chi connectivity index (χ4n) is 0.892. The van der Waals surface area contributed by atoms with Crippen molar-refractivity contribution in [1.82, 2.24) is 5.01 Å². The second-order valence-corrected chi connectivity index (χ2v) is 2.96. The molecule has 0 saturated heterocycles. The van der Waals surface area contributed by atoms with Crippen molar-refractivity contribution in [3.05, 3.63) is 39.9 Å². The Bertz CT molecular complexity index is 427. The van der Waals surface area contributed by atoms with E-state index in [4.69, 9.17) is 5.73 Å². The van der Waals surface area contributed by atoms with Crippen molar-refractivity contribution in [2.75, 3.05) is 7.05 Å². The Kier molecular flexibility index (Phi) is 3.54. The molecule has 0 spiro atoms. The van der Waals surface area contributed by atoms with Crippen molar-refractivity contribution in [2.24, 2.45) is 10.8 Å². The van der Waals surface area contributed by atoms with Crippen molar-refractivity contribution in [3.63, 3.8) is 0 Å². The van der Waals surface area contributed by atoms with Crippen molar-refractivity contribution in [2.45, 2.75) is 0 Å². The highest BCUT2D eigenvalue weighted by Gasteiger charge is 2.03. The lowest BCUT2D eigenvalue weighted by molar-refractivity contribution is -0.384. The molecular formula is C9H10N4O3. The Hall–Kier alpha value is -2.44. The monoisotopic (exact) mass is 222 g/mol. The summed E-state index contributed by atoms with van der Waals surface area (Å²) in [4.78, 5) is 20.5. The van der Waals surface area contributed by atoms with Gasteiger partial charge in [0.1, 0.15) is 0 Å². The molecule has 0 radical (unpaired) electrons. The van der Waals surface area contributed by atoms with Gasteiger partial charge in [-0.05, 0) is 17.7 Å². The average molecular weight is 222 g/mol. The summed E-state index contributed by atoms with van der Waals surface area (Å²) in [5.41, 5.74) is 5.59. The number of hydrazone groups is 1. The van der Waals surface area contributed by atoms with Crippen LogP contribution in [0.4, 0.5) is 10.5 Å². The highest BCUT2D eigenvalue weighted by molar-refractivity contribution is 5.81. The van der Waals surface area contributed by atoms with Gasteiger partial charge in [0.25, 0.3) is 5.69 Å². The van der Waals surface area contributed by atoms with E-state index < -0.39 is 11.0 Å². The van der Waals surface area contributed by atoms with Crippen LogP contribution in [0.2, 0.25) is 0 Å². The number of hydrogen-bond donors (Lipinski definition) is 1. The maximum absolute atomic E-state index is 10.6. The van der Waals surface area contributed by atoms with E-state index in [1.807, 2.05) is 0 Å². The number of nitro benzene ring substituents is 1. The molecule has 84 valence electrons. The van der Waals surface area contributed by atoms with Gasteiger partial charge in [0.15, 0.2) is 0 Å². The lowest BCUT2D eigenvalue weighted by Gasteiger charge is -2.05. The number of non-ortho nitro benzene ring substituents is 1. The fraction of sp³-hybridized carbons (Fsp3) is 0.111. The Morgan fingerprint density at radius 1 is 1.50 bits per heavy atom. The molecule has 0 atom stereocenters. The number of hydrogen-bond acceptors (Lipinski definition) is 4. The Morgan fingerprint density at radius 2 is 2.06 bits per heavy atom. The molecule has 16 heavy (non-hydrogen) atoms. The van der Waals surface area contributed by atoms with Crippen LogP contribution in [0, 0.1) is 10.1 Å². The van der Waals surface area contributed by atoms with Gasteiger partial charge in [-0.2, -0.15) is 5.10 Å². The summed E-state index contributed by atoms with van der Waals surface area (Å²) in [6.45, 7) is 0. The number of primary amides is 1. The quantitative estimate of drug-likeness (QED) is 0.467. The molecule has 0 aliphatic rings. The largest absolute Gasteiger partial charge is 0.350 e. The molecule has 7 nitrogen and oxygen atoms in total. The zero-order valence-corrected chi connectivity index (χ0v) is 8.53. The molecule has 0 unspecified atom stereocenters. The van der Waals surface area contributed by atoms with Gasteiger partial charge in [0.05, 0.1) is 11.1 Å². The topological polar surface area (TPSA) is 102 Å². The van der Waals surface area contributed by atoms with E-state index in [-0.39, 0.29) is 5.69 Å². The molecule has 1 rings (SSSR count). The number of urea groups is 1. The van der Waals surface area contributed by atoms with Gasteiger partial charge in [-0.15, -0.1) is 0 Å². The molecule has 1 aromatic rings. The number of carbonyl (C=O) groups excluding carboxylic acids is 1. The van der Waals surface area contributed by atoms with E-state index in [9.17, 15) is 14.9 Å². The van der Waals surface area contributed by atoms with Crippen molar-refractivity contribution in [1.29, 1.82) is 0 Å². The molecule has 1 aromatic carbocycles. The van der Waals surface area contributed by atoms with Crippen LogP contribution in [0.5, 0.6) is 0 Å². The van der Waals surface area contributed by atoms with Crippen molar-refractivity contribution >= 4 is 17.9 Å². The maximum atomic E-state index is 10.6. The van der Waals surface area contributed by atoms with Gasteiger partial charge in [-0.1, -0.05) is 0 Å². The Balaban J connectivity index is 2.76. The molecular weight excluding hydrogens is 212 g/mol. The first-order valence-electron chi connectivity index (χ1n) is 4.32. The summed E-state index contributed by atoms with van der Waals surface area (Å²) in [6.07, 6.45) is 1.38. The van der Waals surface area contributed by atoms with Crippen LogP contribution >= 0.6 is 0 Å². The molecule has 2 N–H and O–H groups in total. The van der Waals surface area contributed by atoms with Gasteiger partial charge in [0.2, 0.25) is 0 Å². The van der Waals surface area contributed by atoms with Crippen molar-refractivity contribution in [3.8, 4) is 0 Å². The molecule has 0 fully saturated rings. The average Bonchev–Trinajstić information content (AvgIpc) is 2.26. The minimum Gasteiger partial charge on any atom is -0.350 e. The molecule has 0 aliphatic carbocycles. The summed E-state index contributed by atoms with van der Waals surface area (Å²) in [5.74, 6) is 0. The molecule has 7 heteroatoms.